The summed E-state index contributed by atoms with van der Waals surface area (Å²) >= 11 is 0. The van der Waals surface area contributed by atoms with Crippen molar-refractivity contribution < 1.29 is 13.9 Å². The molecule has 7 heteroatoms. The molecule has 0 saturated carbocycles. The lowest BCUT2D eigenvalue weighted by Crippen LogP contribution is -2.37. The molecule has 0 aliphatic carbocycles. The zero-order valence-corrected chi connectivity index (χ0v) is 16.4. The van der Waals surface area contributed by atoms with Crippen LogP contribution in [0.3, 0.4) is 0 Å². The minimum Gasteiger partial charge on any atom is -0.396 e. The maximum Gasteiger partial charge on any atom is 0.159 e. The van der Waals surface area contributed by atoms with Crippen molar-refractivity contribution in [3.8, 4) is 0 Å². The smallest absolute Gasteiger partial charge is 0.159 e. The SMILES string of the molecule is OCC1CCCN(c2cc(N3CCC(=Cc4ccc(F)c(F)c4)CC3)ncn2)C1. The van der Waals surface area contributed by atoms with E-state index in [0.29, 0.717) is 11.5 Å². The third-order valence-corrected chi connectivity index (χ3v) is 5.78. The van der Waals surface area contributed by atoms with Gasteiger partial charge in [-0.3, -0.25) is 0 Å². The molecule has 0 radical (unpaired) electrons. The Hall–Kier alpha value is -2.54. The molecule has 1 unspecified atom stereocenters. The predicted octanol–water partition coefficient (Wildman–Crippen LogP) is 3.65. The van der Waals surface area contributed by atoms with E-state index in [9.17, 15) is 13.9 Å². The molecule has 2 saturated heterocycles. The minimum absolute atomic E-state index is 0.216. The Kier molecular flexibility index (Phi) is 6.04. The van der Waals surface area contributed by atoms with E-state index in [1.807, 2.05) is 12.1 Å². The number of halogens is 2. The van der Waals surface area contributed by atoms with Crippen LogP contribution in [0.5, 0.6) is 0 Å². The van der Waals surface area contributed by atoms with Crippen LogP contribution >= 0.6 is 0 Å². The number of rotatable bonds is 4. The van der Waals surface area contributed by atoms with Crippen molar-refractivity contribution >= 4 is 17.7 Å². The molecule has 2 fully saturated rings. The van der Waals surface area contributed by atoms with Crippen LogP contribution in [0.25, 0.3) is 6.08 Å². The third-order valence-electron chi connectivity index (χ3n) is 5.78. The Morgan fingerprint density at radius 2 is 1.76 bits per heavy atom. The van der Waals surface area contributed by atoms with E-state index in [1.165, 1.54) is 17.7 Å². The van der Waals surface area contributed by atoms with Crippen molar-refractivity contribution in [3.63, 3.8) is 0 Å². The maximum atomic E-state index is 13.4. The van der Waals surface area contributed by atoms with Crippen LogP contribution < -0.4 is 9.80 Å². The number of anilines is 2. The predicted molar refractivity (Wildman–Crippen MR) is 110 cm³/mol. The summed E-state index contributed by atoms with van der Waals surface area (Å²) in [4.78, 5) is 13.4. The normalized spacial score (nSPS) is 20.1. The van der Waals surface area contributed by atoms with E-state index >= 15 is 0 Å². The first-order chi connectivity index (χ1) is 14.1. The van der Waals surface area contributed by atoms with Crippen molar-refractivity contribution in [2.24, 2.45) is 5.92 Å². The zero-order valence-electron chi connectivity index (χ0n) is 16.4. The quantitative estimate of drug-likeness (QED) is 0.849. The summed E-state index contributed by atoms with van der Waals surface area (Å²) in [6, 6.07) is 6.04. The molecular weight excluding hydrogens is 374 g/mol. The van der Waals surface area contributed by atoms with Crippen LogP contribution in [-0.2, 0) is 0 Å². The number of aliphatic hydroxyl groups is 1. The number of hydrogen-bond donors (Lipinski definition) is 1. The average molecular weight is 400 g/mol. The van der Waals surface area contributed by atoms with E-state index in [1.54, 1.807) is 12.4 Å². The molecule has 1 atom stereocenters. The van der Waals surface area contributed by atoms with Gasteiger partial charge in [-0.05, 0) is 49.3 Å². The van der Waals surface area contributed by atoms with Gasteiger partial charge in [-0.25, -0.2) is 18.7 Å². The molecule has 0 spiro atoms. The highest BCUT2D eigenvalue weighted by Gasteiger charge is 2.22. The van der Waals surface area contributed by atoms with Gasteiger partial charge in [0.2, 0.25) is 0 Å². The summed E-state index contributed by atoms with van der Waals surface area (Å²) < 4.78 is 26.5. The van der Waals surface area contributed by atoms with Crippen molar-refractivity contribution in [2.45, 2.75) is 25.7 Å². The second kappa shape index (κ2) is 8.86. The standard InChI is InChI=1S/C22H26F2N4O/c23-19-4-3-17(11-20(19)24)10-16-5-8-27(9-6-16)21-12-22(26-15-25-21)28-7-1-2-18(13-28)14-29/h3-4,10-12,15,18,29H,1-2,5-9,13-14H2. The van der Waals surface area contributed by atoms with Gasteiger partial charge in [-0.1, -0.05) is 17.7 Å². The Morgan fingerprint density at radius 1 is 1.00 bits per heavy atom. The summed E-state index contributed by atoms with van der Waals surface area (Å²) in [6.45, 7) is 3.65. The third kappa shape index (κ3) is 4.72. The van der Waals surface area contributed by atoms with Crippen molar-refractivity contribution in [3.05, 3.63) is 53.4 Å². The van der Waals surface area contributed by atoms with E-state index in [-0.39, 0.29) is 6.61 Å². The first kappa shape index (κ1) is 19.8. The van der Waals surface area contributed by atoms with Crippen LogP contribution in [-0.4, -0.2) is 47.9 Å². The summed E-state index contributed by atoms with van der Waals surface area (Å²) in [5, 5.41) is 9.46. The van der Waals surface area contributed by atoms with Crippen molar-refractivity contribution in [1.29, 1.82) is 0 Å². The molecule has 1 aromatic heterocycles. The Morgan fingerprint density at radius 3 is 2.48 bits per heavy atom. The molecule has 3 heterocycles. The van der Waals surface area contributed by atoms with Gasteiger partial charge in [0.15, 0.2) is 11.6 Å². The summed E-state index contributed by atoms with van der Waals surface area (Å²) in [5.41, 5.74) is 1.92. The highest BCUT2D eigenvalue weighted by Crippen LogP contribution is 2.27. The molecule has 5 nitrogen and oxygen atoms in total. The molecule has 2 aromatic rings. The van der Waals surface area contributed by atoms with Gasteiger partial charge in [0, 0.05) is 38.9 Å². The Bertz CT molecular complexity index is 879. The highest BCUT2D eigenvalue weighted by molar-refractivity contribution is 5.55. The number of benzene rings is 1. The van der Waals surface area contributed by atoms with Crippen molar-refractivity contribution in [2.75, 3.05) is 42.6 Å². The molecule has 154 valence electrons. The molecule has 0 amide bonds. The van der Waals surface area contributed by atoms with Gasteiger partial charge < -0.3 is 14.9 Å². The molecule has 2 aliphatic rings. The van der Waals surface area contributed by atoms with E-state index < -0.39 is 11.6 Å². The van der Waals surface area contributed by atoms with E-state index in [0.717, 1.165) is 63.5 Å². The molecule has 2 aliphatic heterocycles. The van der Waals surface area contributed by atoms with E-state index in [4.69, 9.17) is 0 Å². The summed E-state index contributed by atoms with van der Waals surface area (Å²) in [5.74, 6) is 0.498. The van der Waals surface area contributed by atoms with Gasteiger partial charge in [0.25, 0.3) is 0 Å². The second-order valence-corrected chi connectivity index (χ2v) is 7.83. The van der Waals surface area contributed by atoms with Gasteiger partial charge in [-0.15, -0.1) is 0 Å². The lowest BCUT2D eigenvalue weighted by Gasteiger charge is -2.34. The molecule has 4 rings (SSSR count). The lowest BCUT2D eigenvalue weighted by atomic mass is 9.99. The highest BCUT2D eigenvalue weighted by atomic mass is 19.2. The molecule has 0 bridgehead atoms. The zero-order chi connectivity index (χ0) is 20.2. The van der Waals surface area contributed by atoms with Gasteiger partial charge >= 0.3 is 0 Å². The molecule has 1 aromatic carbocycles. The monoisotopic (exact) mass is 400 g/mol. The van der Waals surface area contributed by atoms with Gasteiger partial charge in [0.1, 0.15) is 18.0 Å². The fraction of sp³-hybridized carbons (Fsp3) is 0.455. The first-order valence-corrected chi connectivity index (χ1v) is 10.2. The van der Waals surface area contributed by atoms with E-state index in [2.05, 4.69) is 19.8 Å². The van der Waals surface area contributed by atoms with Crippen LogP contribution in [0.4, 0.5) is 20.4 Å². The van der Waals surface area contributed by atoms with Crippen LogP contribution in [0.1, 0.15) is 31.2 Å². The maximum absolute atomic E-state index is 13.4. The lowest BCUT2D eigenvalue weighted by molar-refractivity contribution is 0.208. The fourth-order valence-electron chi connectivity index (χ4n) is 4.11. The minimum atomic E-state index is -0.819. The number of piperidine rings is 2. The van der Waals surface area contributed by atoms with Crippen LogP contribution in [0, 0.1) is 17.6 Å². The number of aromatic nitrogens is 2. The van der Waals surface area contributed by atoms with Crippen molar-refractivity contribution in [1.82, 2.24) is 9.97 Å². The largest absolute Gasteiger partial charge is 0.396 e. The molecule has 1 N–H and O–H groups in total. The number of nitrogens with zero attached hydrogens (tertiary/aromatic N) is 4. The van der Waals surface area contributed by atoms with Gasteiger partial charge in [-0.2, -0.15) is 0 Å². The number of aliphatic hydroxyl groups excluding tert-OH is 1. The van der Waals surface area contributed by atoms with Crippen LogP contribution in [0.2, 0.25) is 0 Å². The molecule has 29 heavy (non-hydrogen) atoms. The summed E-state index contributed by atoms with van der Waals surface area (Å²) in [6.07, 6.45) is 7.40. The second-order valence-electron chi connectivity index (χ2n) is 7.83. The van der Waals surface area contributed by atoms with Gasteiger partial charge in [0.05, 0.1) is 0 Å². The summed E-state index contributed by atoms with van der Waals surface area (Å²) in [7, 11) is 0. The Labute approximate surface area is 169 Å². The number of hydrogen-bond acceptors (Lipinski definition) is 5. The average Bonchev–Trinajstić information content (AvgIpc) is 2.77. The molecular formula is C22H26F2N4O. The fourth-order valence-corrected chi connectivity index (χ4v) is 4.11. The first-order valence-electron chi connectivity index (χ1n) is 10.2. The van der Waals surface area contributed by atoms with Crippen LogP contribution in [0.15, 0.2) is 36.2 Å². The Balaban J connectivity index is 1.41. The topological polar surface area (TPSA) is 52.5 Å².